The molecular formula is C18H21O3. The Morgan fingerprint density at radius 2 is 1.33 bits per heavy atom. The van der Waals surface area contributed by atoms with Crippen molar-refractivity contribution >= 4 is 5.78 Å². The van der Waals surface area contributed by atoms with E-state index in [1.54, 1.807) is 48.5 Å². The second-order valence-corrected chi connectivity index (χ2v) is 4.75. The van der Waals surface area contributed by atoms with Crippen molar-refractivity contribution in [2.75, 3.05) is 0 Å². The first-order valence-electron chi connectivity index (χ1n) is 6.46. The van der Waals surface area contributed by atoms with Gasteiger partial charge in [0.05, 0.1) is 0 Å². The quantitative estimate of drug-likeness (QED) is 0.661. The second kappa shape index (κ2) is 9.64. The zero-order chi connectivity index (χ0) is 15.0. The van der Waals surface area contributed by atoms with Crippen LogP contribution in [0.1, 0.15) is 35.9 Å². The molecule has 1 radical (unpaired) electrons. The number of allylic oxidation sites excluding steroid dienone is 1. The highest BCUT2D eigenvalue weighted by Crippen LogP contribution is 2.17. The molecule has 0 spiro atoms. The fraction of sp³-hybridized carbons (Fsp3) is 0.167. The number of carbonyl (C=O) groups excluding carboxylic acids is 1. The molecule has 1 atom stereocenters. The number of ketones is 1. The molecule has 0 heterocycles. The van der Waals surface area contributed by atoms with Crippen LogP contribution in [-0.4, -0.2) is 16.4 Å². The number of hydrogen-bond acceptors (Lipinski definition) is 2. The van der Waals surface area contributed by atoms with Crippen LogP contribution in [0.3, 0.4) is 0 Å². The van der Waals surface area contributed by atoms with Crippen molar-refractivity contribution in [2.45, 2.75) is 20.0 Å². The minimum atomic E-state index is -1.08. The van der Waals surface area contributed by atoms with Crippen molar-refractivity contribution in [1.29, 1.82) is 0 Å². The van der Waals surface area contributed by atoms with Crippen LogP contribution >= 0.6 is 0 Å². The molecule has 0 amide bonds. The van der Waals surface area contributed by atoms with Crippen molar-refractivity contribution in [1.82, 2.24) is 0 Å². The molecule has 0 aliphatic heterocycles. The summed E-state index contributed by atoms with van der Waals surface area (Å²) in [6.07, 6.45) is -1.08. The predicted molar refractivity (Wildman–Crippen MR) is 84.6 cm³/mol. The van der Waals surface area contributed by atoms with Crippen molar-refractivity contribution < 1.29 is 15.4 Å². The molecule has 21 heavy (non-hydrogen) atoms. The van der Waals surface area contributed by atoms with E-state index in [2.05, 4.69) is 6.58 Å². The van der Waals surface area contributed by atoms with Crippen molar-refractivity contribution in [3.05, 3.63) is 83.9 Å². The average Bonchev–Trinajstić information content (AvgIpc) is 2.47. The van der Waals surface area contributed by atoms with Gasteiger partial charge in [-0.25, -0.2) is 0 Å². The topological polar surface area (TPSA) is 67.3 Å². The molecule has 0 aliphatic carbocycles. The zero-order valence-corrected chi connectivity index (χ0v) is 12.4. The number of hydrogen-bond donors (Lipinski definition) is 2. The van der Waals surface area contributed by atoms with E-state index >= 15 is 0 Å². The lowest BCUT2D eigenvalue weighted by Crippen LogP contribution is -2.11. The highest BCUT2D eigenvalue weighted by molar-refractivity contribution is 5.99. The first kappa shape index (κ1) is 18.8. The Morgan fingerprint density at radius 3 is 1.76 bits per heavy atom. The molecule has 0 aliphatic rings. The van der Waals surface area contributed by atoms with Crippen LogP contribution in [0.2, 0.25) is 0 Å². The zero-order valence-electron chi connectivity index (χ0n) is 12.4. The average molecular weight is 285 g/mol. The van der Waals surface area contributed by atoms with Gasteiger partial charge in [0.25, 0.3) is 0 Å². The molecule has 111 valence electrons. The third kappa shape index (κ3) is 6.65. The highest BCUT2D eigenvalue weighted by Gasteiger charge is 2.18. The molecule has 2 aromatic carbocycles. The highest BCUT2D eigenvalue weighted by atomic mass is 16.3. The van der Waals surface area contributed by atoms with Crippen LogP contribution in [0, 0.1) is 0 Å². The van der Waals surface area contributed by atoms with Crippen molar-refractivity contribution in [2.24, 2.45) is 0 Å². The summed E-state index contributed by atoms with van der Waals surface area (Å²) in [5.74, 6) is -0.271. The Labute approximate surface area is 125 Å². The van der Waals surface area contributed by atoms with E-state index in [4.69, 9.17) is 0 Å². The predicted octanol–water partition coefficient (Wildman–Crippen LogP) is 4.01. The maximum Gasteiger partial charge on any atom is 0.195 e. The minimum Gasteiger partial charge on any atom is -0.380 e. The van der Waals surface area contributed by atoms with E-state index in [0.29, 0.717) is 11.1 Å². The van der Waals surface area contributed by atoms with Crippen LogP contribution in [0.4, 0.5) is 0 Å². The molecule has 3 nitrogen and oxygen atoms in total. The SMILES string of the molecule is C=C(C)C.O=C(c1ccccc1)C(O)c1ccccc1.[OH]. The van der Waals surface area contributed by atoms with Gasteiger partial charge in [-0.3, -0.25) is 10.3 Å². The summed E-state index contributed by atoms with van der Waals surface area (Å²) in [7, 11) is 0. The number of rotatable bonds is 3. The first-order chi connectivity index (χ1) is 9.52. The maximum absolute atomic E-state index is 11.9. The van der Waals surface area contributed by atoms with Crippen LogP contribution < -0.4 is 0 Å². The summed E-state index contributed by atoms with van der Waals surface area (Å²) in [6, 6.07) is 17.7. The number of benzene rings is 2. The van der Waals surface area contributed by atoms with Crippen LogP contribution in [0.25, 0.3) is 0 Å². The second-order valence-electron chi connectivity index (χ2n) is 4.75. The monoisotopic (exact) mass is 285 g/mol. The number of Topliss-reactive ketones (excluding diaryl/α,β-unsaturated/α-hetero) is 1. The van der Waals surface area contributed by atoms with Crippen LogP contribution in [0.15, 0.2) is 72.8 Å². The minimum absolute atomic E-state index is 0. The van der Waals surface area contributed by atoms with Gasteiger partial charge in [0.1, 0.15) is 6.10 Å². The Bertz CT molecular complexity index is 543. The van der Waals surface area contributed by atoms with Crippen molar-refractivity contribution in [3.63, 3.8) is 0 Å². The van der Waals surface area contributed by atoms with Crippen LogP contribution in [0.5, 0.6) is 0 Å². The van der Waals surface area contributed by atoms with Gasteiger partial charge in [-0.1, -0.05) is 66.2 Å². The van der Waals surface area contributed by atoms with E-state index < -0.39 is 6.10 Å². The maximum atomic E-state index is 11.9. The fourth-order valence-corrected chi connectivity index (χ4v) is 1.55. The van der Waals surface area contributed by atoms with Gasteiger partial charge in [-0.2, -0.15) is 0 Å². The van der Waals surface area contributed by atoms with Gasteiger partial charge in [0.15, 0.2) is 5.78 Å². The summed E-state index contributed by atoms with van der Waals surface area (Å²) < 4.78 is 0. The molecule has 2 N–H and O–H groups in total. The summed E-state index contributed by atoms with van der Waals surface area (Å²) >= 11 is 0. The molecule has 2 rings (SSSR count). The molecule has 0 aromatic heterocycles. The molecule has 1 unspecified atom stereocenters. The largest absolute Gasteiger partial charge is 0.380 e. The fourth-order valence-electron chi connectivity index (χ4n) is 1.55. The van der Waals surface area contributed by atoms with E-state index in [0.717, 1.165) is 0 Å². The molecule has 0 bridgehead atoms. The lowest BCUT2D eigenvalue weighted by molar-refractivity contribution is 0.0747. The Kier molecular flexibility index (Phi) is 8.62. The molecule has 0 saturated heterocycles. The van der Waals surface area contributed by atoms with Gasteiger partial charge < -0.3 is 5.11 Å². The van der Waals surface area contributed by atoms with Gasteiger partial charge >= 0.3 is 0 Å². The van der Waals surface area contributed by atoms with Crippen LogP contribution in [-0.2, 0) is 0 Å². The van der Waals surface area contributed by atoms with Gasteiger partial charge in [0.2, 0.25) is 0 Å². The lowest BCUT2D eigenvalue weighted by Gasteiger charge is -2.09. The summed E-state index contributed by atoms with van der Waals surface area (Å²) in [6.45, 7) is 7.50. The number of carbonyl (C=O) groups is 1. The van der Waals surface area contributed by atoms with E-state index in [-0.39, 0.29) is 11.3 Å². The number of aliphatic hydroxyl groups is 1. The first-order valence-corrected chi connectivity index (χ1v) is 6.46. The Balaban J connectivity index is 0.000000715. The van der Waals surface area contributed by atoms with Crippen molar-refractivity contribution in [3.8, 4) is 0 Å². The Hall–Kier alpha value is -2.23. The molecule has 0 saturated carbocycles. The smallest absolute Gasteiger partial charge is 0.195 e. The molecule has 0 fully saturated rings. The summed E-state index contributed by atoms with van der Waals surface area (Å²) in [4.78, 5) is 11.9. The van der Waals surface area contributed by atoms with E-state index in [9.17, 15) is 9.90 Å². The molecule has 3 heteroatoms. The lowest BCUT2D eigenvalue weighted by atomic mass is 10.0. The summed E-state index contributed by atoms with van der Waals surface area (Å²) in [5.41, 5.74) is 2.32. The Morgan fingerprint density at radius 1 is 0.952 bits per heavy atom. The molecular weight excluding hydrogens is 264 g/mol. The number of aliphatic hydroxyl groups excluding tert-OH is 1. The van der Waals surface area contributed by atoms with Gasteiger partial charge in [0, 0.05) is 5.56 Å². The molecule has 2 aromatic rings. The summed E-state index contributed by atoms with van der Waals surface area (Å²) in [5, 5.41) is 9.89. The normalized spacial score (nSPS) is 10.4. The third-order valence-electron chi connectivity index (χ3n) is 2.42. The van der Waals surface area contributed by atoms with E-state index in [1.807, 2.05) is 26.0 Å². The third-order valence-corrected chi connectivity index (χ3v) is 2.42. The van der Waals surface area contributed by atoms with Gasteiger partial charge in [-0.15, -0.1) is 6.58 Å². The van der Waals surface area contributed by atoms with Gasteiger partial charge in [-0.05, 0) is 19.4 Å². The standard InChI is InChI=1S/C14H12O2.C4H8.HO/c15-13(11-7-3-1-4-8-11)14(16)12-9-5-2-6-10-12;1-4(2)3;/h1-10,13,15H;1H2,2-3H3;1H. The van der Waals surface area contributed by atoms with E-state index in [1.165, 1.54) is 5.57 Å².